The molecular weight excluding hydrogens is 436 g/mol. The molecule has 0 bridgehead atoms. The molecule has 0 spiro atoms. The Kier molecular flexibility index (Phi) is 8.85. The van der Waals surface area contributed by atoms with Crippen LogP contribution in [0.2, 0.25) is 0 Å². The van der Waals surface area contributed by atoms with Gasteiger partial charge in [-0.3, -0.25) is 4.79 Å². The highest BCUT2D eigenvalue weighted by molar-refractivity contribution is 7.89. The lowest BCUT2D eigenvalue weighted by atomic mass is 10.2. The predicted molar refractivity (Wildman–Crippen MR) is 121 cm³/mol. The zero-order valence-electron chi connectivity index (χ0n) is 19.1. The van der Waals surface area contributed by atoms with Crippen LogP contribution in [0.25, 0.3) is 16.5 Å². The standard InChI is InChI=1S/C22H30N2O7S/c1-6-23-32(27,28)19-11-10-17(30-14-21(26)29-9-4)22-16(19)13-18(31-22)15(5)12-20(25)24(7-2)8-3/h10-13,23H,6-9,14H2,1-5H3. The van der Waals surface area contributed by atoms with E-state index in [2.05, 4.69) is 4.72 Å². The van der Waals surface area contributed by atoms with Crippen LogP contribution < -0.4 is 9.46 Å². The molecule has 1 aromatic carbocycles. The average molecular weight is 467 g/mol. The minimum atomic E-state index is -3.80. The van der Waals surface area contributed by atoms with Gasteiger partial charge in [-0.2, -0.15) is 0 Å². The Hall–Kier alpha value is -2.85. The number of nitrogens with one attached hydrogen (secondary N) is 1. The minimum Gasteiger partial charge on any atom is -0.478 e. The number of nitrogens with zero attached hydrogens (tertiary/aromatic N) is 1. The zero-order chi connectivity index (χ0) is 23.9. The molecule has 9 nitrogen and oxygen atoms in total. The molecule has 1 heterocycles. The Morgan fingerprint density at radius 2 is 1.84 bits per heavy atom. The topological polar surface area (TPSA) is 115 Å². The summed E-state index contributed by atoms with van der Waals surface area (Å²) in [6.07, 6.45) is 1.45. The summed E-state index contributed by atoms with van der Waals surface area (Å²) in [4.78, 5) is 25.8. The van der Waals surface area contributed by atoms with Crippen LogP contribution >= 0.6 is 0 Å². The minimum absolute atomic E-state index is 0.00991. The van der Waals surface area contributed by atoms with Gasteiger partial charge in [-0.05, 0) is 51.5 Å². The van der Waals surface area contributed by atoms with Crippen LogP contribution in [0, 0.1) is 0 Å². The van der Waals surface area contributed by atoms with Gasteiger partial charge in [0.15, 0.2) is 17.9 Å². The molecule has 0 saturated heterocycles. The van der Waals surface area contributed by atoms with Gasteiger partial charge in [-0.1, -0.05) is 6.92 Å². The Morgan fingerprint density at radius 1 is 1.16 bits per heavy atom. The van der Waals surface area contributed by atoms with Crippen LogP contribution in [0.4, 0.5) is 0 Å². The highest BCUT2D eigenvalue weighted by atomic mass is 32.2. The lowest BCUT2D eigenvalue weighted by molar-refractivity contribution is -0.145. The Labute approximate surface area is 188 Å². The van der Waals surface area contributed by atoms with E-state index >= 15 is 0 Å². The van der Waals surface area contributed by atoms with Crippen LogP contribution in [-0.2, 0) is 24.3 Å². The van der Waals surface area contributed by atoms with E-state index in [-0.39, 0.29) is 47.3 Å². The van der Waals surface area contributed by atoms with E-state index in [1.807, 2.05) is 13.8 Å². The third-order valence-corrected chi connectivity index (χ3v) is 6.29. The second-order valence-corrected chi connectivity index (χ2v) is 8.58. The summed E-state index contributed by atoms with van der Waals surface area (Å²) in [5.41, 5.74) is 0.688. The first-order chi connectivity index (χ1) is 15.2. The third kappa shape index (κ3) is 5.89. The number of hydrogen-bond donors (Lipinski definition) is 1. The van der Waals surface area contributed by atoms with Crippen molar-refractivity contribution >= 4 is 38.4 Å². The van der Waals surface area contributed by atoms with Crippen molar-refractivity contribution < 1.29 is 31.9 Å². The first kappa shape index (κ1) is 25.4. The van der Waals surface area contributed by atoms with Crippen molar-refractivity contribution in [3.63, 3.8) is 0 Å². The number of allylic oxidation sites excluding steroid dienone is 1. The van der Waals surface area contributed by atoms with E-state index in [9.17, 15) is 18.0 Å². The number of carbonyl (C=O) groups is 2. The number of carbonyl (C=O) groups excluding carboxylic acids is 2. The number of hydrogen-bond acceptors (Lipinski definition) is 7. The molecule has 32 heavy (non-hydrogen) atoms. The molecule has 1 aromatic heterocycles. The molecular formula is C22H30N2O7S. The van der Waals surface area contributed by atoms with E-state index in [1.165, 1.54) is 18.2 Å². The van der Waals surface area contributed by atoms with Crippen molar-refractivity contribution in [1.82, 2.24) is 9.62 Å². The van der Waals surface area contributed by atoms with Crippen LogP contribution in [0.5, 0.6) is 5.75 Å². The molecule has 0 aliphatic rings. The van der Waals surface area contributed by atoms with Gasteiger partial charge >= 0.3 is 5.97 Å². The highest BCUT2D eigenvalue weighted by Crippen LogP contribution is 2.36. The molecule has 0 aliphatic carbocycles. The summed E-state index contributed by atoms with van der Waals surface area (Å²) in [6, 6.07) is 4.37. The maximum atomic E-state index is 12.7. The van der Waals surface area contributed by atoms with Crippen LogP contribution in [0.3, 0.4) is 0 Å². The number of esters is 1. The quantitative estimate of drug-likeness (QED) is 0.400. The van der Waals surface area contributed by atoms with Gasteiger partial charge in [0.2, 0.25) is 15.9 Å². The fourth-order valence-electron chi connectivity index (χ4n) is 3.11. The van der Waals surface area contributed by atoms with Gasteiger partial charge < -0.3 is 18.8 Å². The Morgan fingerprint density at radius 3 is 2.44 bits per heavy atom. The fraction of sp³-hybridized carbons (Fsp3) is 0.455. The van der Waals surface area contributed by atoms with Crippen molar-refractivity contribution in [1.29, 1.82) is 0 Å². The molecule has 0 radical (unpaired) electrons. The normalized spacial score (nSPS) is 12.1. The molecule has 2 rings (SSSR count). The number of ether oxygens (including phenoxy) is 2. The summed E-state index contributed by atoms with van der Waals surface area (Å²) < 4.78 is 44.1. The molecule has 10 heteroatoms. The van der Waals surface area contributed by atoms with Crippen molar-refractivity contribution in [2.75, 3.05) is 32.8 Å². The summed E-state index contributed by atoms with van der Waals surface area (Å²) in [5.74, 6) is -0.219. The third-order valence-electron chi connectivity index (χ3n) is 4.69. The van der Waals surface area contributed by atoms with Crippen LogP contribution in [-0.4, -0.2) is 58.0 Å². The fourth-order valence-corrected chi connectivity index (χ4v) is 4.33. The van der Waals surface area contributed by atoms with Crippen LogP contribution in [0.15, 0.2) is 33.6 Å². The van der Waals surface area contributed by atoms with Gasteiger partial charge in [0.1, 0.15) is 5.76 Å². The van der Waals surface area contributed by atoms with Gasteiger partial charge in [-0.25, -0.2) is 17.9 Å². The first-order valence-electron chi connectivity index (χ1n) is 10.5. The number of fused-ring (bicyclic) bond motifs is 1. The second kappa shape index (κ2) is 11.1. The monoisotopic (exact) mass is 466 g/mol. The molecule has 176 valence electrons. The van der Waals surface area contributed by atoms with Crippen molar-refractivity contribution in [2.45, 2.75) is 39.5 Å². The molecule has 2 aromatic rings. The Bertz CT molecular complexity index is 1100. The largest absolute Gasteiger partial charge is 0.478 e. The number of sulfonamides is 1. The Balaban J connectivity index is 2.56. The van der Waals surface area contributed by atoms with E-state index in [0.29, 0.717) is 24.4 Å². The predicted octanol–water partition coefficient (Wildman–Crippen LogP) is 2.94. The summed E-state index contributed by atoms with van der Waals surface area (Å²) in [7, 11) is -3.80. The van der Waals surface area contributed by atoms with E-state index in [1.54, 1.807) is 31.7 Å². The molecule has 0 atom stereocenters. The number of furan rings is 1. The number of likely N-dealkylation sites (N-methyl/N-ethyl adjacent to an activating group) is 1. The molecule has 0 fully saturated rings. The average Bonchev–Trinajstić information content (AvgIpc) is 3.18. The summed E-state index contributed by atoms with van der Waals surface area (Å²) in [5, 5.41) is 0.283. The maximum absolute atomic E-state index is 12.7. The second-order valence-electron chi connectivity index (χ2n) is 6.85. The maximum Gasteiger partial charge on any atom is 0.344 e. The van der Waals surface area contributed by atoms with E-state index in [0.717, 1.165) is 0 Å². The number of rotatable bonds is 11. The van der Waals surface area contributed by atoms with E-state index < -0.39 is 16.0 Å². The molecule has 0 aliphatic heterocycles. The highest BCUT2D eigenvalue weighted by Gasteiger charge is 2.23. The van der Waals surface area contributed by atoms with Gasteiger partial charge in [-0.15, -0.1) is 0 Å². The summed E-state index contributed by atoms with van der Waals surface area (Å²) >= 11 is 0. The zero-order valence-corrected chi connectivity index (χ0v) is 19.9. The lowest BCUT2D eigenvalue weighted by Crippen LogP contribution is -2.28. The lowest BCUT2D eigenvalue weighted by Gasteiger charge is -2.16. The molecule has 0 saturated carbocycles. The molecule has 1 amide bonds. The van der Waals surface area contributed by atoms with Gasteiger partial charge in [0.25, 0.3) is 0 Å². The van der Waals surface area contributed by atoms with Crippen molar-refractivity contribution in [3.8, 4) is 5.75 Å². The first-order valence-corrected chi connectivity index (χ1v) is 12.0. The van der Waals surface area contributed by atoms with Crippen molar-refractivity contribution in [2.24, 2.45) is 0 Å². The van der Waals surface area contributed by atoms with Gasteiger partial charge in [0.05, 0.1) is 11.5 Å². The smallest absolute Gasteiger partial charge is 0.344 e. The SMILES string of the molecule is CCNS(=O)(=O)c1ccc(OCC(=O)OCC)c2oc(C(C)=CC(=O)N(CC)CC)cc12. The molecule has 0 unspecified atom stereocenters. The van der Waals surface area contributed by atoms with Gasteiger partial charge in [0, 0.05) is 31.1 Å². The number of benzene rings is 1. The number of amides is 1. The van der Waals surface area contributed by atoms with Crippen molar-refractivity contribution in [3.05, 3.63) is 30.0 Å². The molecule has 1 N–H and O–H groups in total. The van der Waals surface area contributed by atoms with Crippen LogP contribution in [0.1, 0.15) is 40.4 Å². The van der Waals surface area contributed by atoms with E-state index in [4.69, 9.17) is 13.9 Å². The summed E-state index contributed by atoms with van der Waals surface area (Å²) in [6.45, 7) is 10.0.